The second-order valence-corrected chi connectivity index (χ2v) is 7.90. The topological polar surface area (TPSA) is 62.5 Å². The van der Waals surface area contributed by atoms with Crippen LogP contribution in [0.2, 0.25) is 0 Å². The molecule has 0 saturated heterocycles. The summed E-state index contributed by atoms with van der Waals surface area (Å²) in [6.07, 6.45) is 2.86. The van der Waals surface area contributed by atoms with E-state index in [9.17, 15) is 0 Å². The zero-order chi connectivity index (χ0) is 18.1. The van der Waals surface area contributed by atoms with Gasteiger partial charge in [-0.3, -0.25) is 4.99 Å². The van der Waals surface area contributed by atoms with Crippen molar-refractivity contribution >= 4 is 41.7 Å². The average molecular weight is 488 g/mol. The van der Waals surface area contributed by atoms with Crippen molar-refractivity contribution in [1.82, 2.24) is 15.6 Å². The molecule has 0 aliphatic heterocycles. The number of thioether (sulfide) groups is 1. The molecule has 0 fully saturated rings. The van der Waals surface area contributed by atoms with Crippen LogP contribution in [0, 0.1) is 0 Å². The van der Waals surface area contributed by atoms with Gasteiger partial charge in [0.15, 0.2) is 5.96 Å². The van der Waals surface area contributed by atoms with Crippen molar-refractivity contribution in [2.24, 2.45) is 4.99 Å². The largest absolute Gasteiger partial charge is 0.443 e. The third-order valence-electron chi connectivity index (χ3n) is 3.55. The maximum atomic E-state index is 5.78. The maximum absolute atomic E-state index is 5.78. The minimum Gasteiger partial charge on any atom is -0.443 e. The summed E-state index contributed by atoms with van der Waals surface area (Å²) in [6, 6.07) is 10.5. The molecule has 1 heterocycles. The summed E-state index contributed by atoms with van der Waals surface area (Å²) in [5, 5.41) is 6.55. The molecule has 0 aliphatic carbocycles. The molecular formula is C19H29IN4OS. The molecule has 0 amide bonds. The van der Waals surface area contributed by atoms with Crippen molar-refractivity contribution in [2.75, 3.05) is 19.3 Å². The van der Waals surface area contributed by atoms with Gasteiger partial charge in [0.05, 0.1) is 12.7 Å². The highest BCUT2D eigenvalue weighted by atomic mass is 127. The number of nitrogens with one attached hydrogen (secondary N) is 2. The molecule has 0 spiro atoms. The van der Waals surface area contributed by atoms with Crippen molar-refractivity contribution in [3.63, 3.8) is 0 Å². The van der Waals surface area contributed by atoms with E-state index in [4.69, 9.17) is 4.42 Å². The molecule has 1 aromatic heterocycles. The molecular weight excluding hydrogens is 459 g/mol. The number of nitrogens with zero attached hydrogens (tertiary/aromatic N) is 2. The molecule has 0 unspecified atom stereocenters. The van der Waals surface area contributed by atoms with E-state index in [1.54, 1.807) is 13.2 Å². The fourth-order valence-electron chi connectivity index (χ4n) is 2.10. The normalized spacial score (nSPS) is 11.8. The van der Waals surface area contributed by atoms with E-state index < -0.39 is 0 Å². The number of aliphatic imine (C=N–C) groups is 1. The predicted octanol–water partition coefficient (Wildman–Crippen LogP) is 4.44. The molecule has 2 rings (SSSR count). The highest BCUT2D eigenvalue weighted by molar-refractivity contribution is 14.0. The zero-order valence-corrected chi connectivity index (χ0v) is 19.1. The zero-order valence-electron chi connectivity index (χ0n) is 15.9. The molecule has 7 heteroatoms. The SMILES string of the molecule is CN=C(NCCCSc1ccccc1)NCc1ncc(C(C)(C)C)o1.I. The fraction of sp³-hybridized carbons (Fsp3) is 0.474. The third-order valence-corrected chi connectivity index (χ3v) is 4.65. The van der Waals surface area contributed by atoms with Crippen molar-refractivity contribution in [3.8, 4) is 0 Å². The number of hydrogen-bond donors (Lipinski definition) is 2. The summed E-state index contributed by atoms with van der Waals surface area (Å²) in [6.45, 7) is 7.73. The number of oxazole rings is 1. The molecule has 0 atom stereocenters. The first-order chi connectivity index (χ1) is 12.0. The van der Waals surface area contributed by atoms with Crippen LogP contribution in [-0.2, 0) is 12.0 Å². The Hall–Kier alpha value is -1.22. The molecule has 144 valence electrons. The summed E-state index contributed by atoms with van der Waals surface area (Å²) in [4.78, 5) is 9.86. The van der Waals surface area contributed by atoms with Crippen LogP contribution in [0.15, 0.2) is 50.8 Å². The lowest BCUT2D eigenvalue weighted by Gasteiger charge is -2.13. The lowest BCUT2D eigenvalue weighted by atomic mass is 9.94. The first-order valence-corrected chi connectivity index (χ1v) is 9.55. The third kappa shape index (κ3) is 7.99. The molecule has 0 bridgehead atoms. The Bertz CT molecular complexity index is 668. The molecule has 2 N–H and O–H groups in total. The van der Waals surface area contributed by atoms with Gasteiger partial charge in [-0.2, -0.15) is 0 Å². The van der Waals surface area contributed by atoms with Gasteiger partial charge in [-0.05, 0) is 24.3 Å². The van der Waals surface area contributed by atoms with Crippen LogP contribution in [0.5, 0.6) is 0 Å². The first-order valence-electron chi connectivity index (χ1n) is 8.56. The molecule has 5 nitrogen and oxygen atoms in total. The van der Waals surface area contributed by atoms with Gasteiger partial charge in [-0.25, -0.2) is 4.98 Å². The van der Waals surface area contributed by atoms with E-state index in [0.29, 0.717) is 12.4 Å². The molecule has 0 aliphatic rings. The lowest BCUT2D eigenvalue weighted by molar-refractivity contribution is 0.379. The fourth-order valence-corrected chi connectivity index (χ4v) is 2.98. The van der Waals surface area contributed by atoms with Crippen molar-refractivity contribution in [2.45, 2.75) is 44.0 Å². The Morgan fingerprint density at radius 2 is 1.92 bits per heavy atom. The van der Waals surface area contributed by atoms with Crippen LogP contribution in [-0.4, -0.2) is 30.3 Å². The number of aromatic nitrogens is 1. The second-order valence-electron chi connectivity index (χ2n) is 6.74. The summed E-state index contributed by atoms with van der Waals surface area (Å²) in [7, 11) is 1.77. The van der Waals surface area contributed by atoms with Gasteiger partial charge in [0.1, 0.15) is 5.76 Å². The van der Waals surface area contributed by atoms with Gasteiger partial charge >= 0.3 is 0 Å². The van der Waals surface area contributed by atoms with Gasteiger partial charge in [-0.1, -0.05) is 39.0 Å². The Kier molecular flexibility index (Phi) is 10.1. The van der Waals surface area contributed by atoms with Crippen molar-refractivity contribution in [1.29, 1.82) is 0 Å². The van der Waals surface area contributed by atoms with E-state index in [0.717, 1.165) is 30.4 Å². The minimum atomic E-state index is -0.0262. The van der Waals surface area contributed by atoms with E-state index in [-0.39, 0.29) is 29.4 Å². The number of halogens is 1. The van der Waals surface area contributed by atoms with Crippen molar-refractivity contribution in [3.05, 3.63) is 48.2 Å². The van der Waals surface area contributed by atoms with Gasteiger partial charge < -0.3 is 15.1 Å². The van der Waals surface area contributed by atoms with Crippen LogP contribution in [0.1, 0.15) is 38.8 Å². The maximum Gasteiger partial charge on any atom is 0.213 e. The Morgan fingerprint density at radius 3 is 2.54 bits per heavy atom. The van der Waals surface area contributed by atoms with Crippen LogP contribution in [0.4, 0.5) is 0 Å². The summed E-state index contributed by atoms with van der Waals surface area (Å²) in [5.74, 6) is 3.40. The highest BCUT2D eigenvalue weighted by Gasteiger charge is 2.19. The number of benzene rings is 1. The molecule has 1 aromatic carbocycles. The van der Waals surface area contributed by atoms with Crippen LogP contribution < -0.4 is 10.6 Å². The van der Waals surface area contributed by atoms with Crippen molar-refractivity contribution < 1.29 is 4.42 Å². The summed E-state index contributed by atoms with van der Waals surface area (Å²) in [5.41, 5.74) is -0.0262. The van der Waals surface area contributed by atoms with Crippen LogP contribution >= 0.6 is 35.7 Å². The summed E-state index contributed by atoms with van der Waals surface area (Å²) >= 11 is 1.87. The molecule has 0 saturated carbocycles. The van der Waals surface area contributed by atoms with E-state index in [2.05, 4.69) is 65.6 Å². The quantitative estimate of drug-likeness (QED) is 0.199. The van der Waals surface area contributed by atoms with Gasteiger partial charge in [0, 0.05) is 23.9 Å². The minimum absolute atomic E-state index is 0. The first kappa shape index (κ1) is 22.8. The molecule has 26 heavy (non-hydrogen) atoms. The Labute approximate surface area is 177 Å². The average Bonchev–Trinajstić information content (AvgIpc) is 3.07. The highest BCUT2D eigenvalue weighted by Crippen LogP contribution is 2.22. The van der Waals surface area contributed by atoms with Gasteiger partial charge in [-0.15, -0.1) is 35.7 Å². The van der Waals surface area contributed by atoms with Gasteiger partial charge in [0.25, 0.3) is 0 Å². The lowest BCUT2D eigenvalue weighted by Crippen LogP contribution is -2.37. The van der Waals surface area contributed by atoms with E-state index >= 15 is 0 Å². The Balaban J connectivity index is 0.00000338. The number of rotatable bonds is 7. The number of hydrogen-bond acceptors (Lipinski definition) is 4. The standard InChI is InChI=1S/C19H28N4OS.HI/c1-19(2,3)16-13-22-17(24-16)14-23-18(20-4)21-11-8-12-25-15-9-6-5-7-10-15;/h5-7,9-10,13H,8,11-12,14H2,1-4H3,(H2,20,21,23);1H. The van der Waals surface area contributed by atoms with Crippen LogP contribution in [0.3, 0.4) is 0 Å². The van der Waals surface area contributed by atoms with Crippen LogP contribution in [0.25, 0.3) is 0 Å². The molecule has 2 aromatic rings. The monoisotopic (exact) mass is 488 g/mol. The smallest absolute Gasteiger partial charge is 0.213 e. The number of guanidine groups is 1. The Morgan fingerprint density at radius 1 is 1.19 bits per heavy atom. The summed E-state index contributed by atoms with van der Waals surface area (Å²) < 4.78 is 5.78. The second kappa shape index (κ2) is 11.5. The van der Waals surface area contributed by atoms with E-state index in [1.165, 1.54) is 4.90 Å². The van der Waals surface area contributed by atoms with Gasteiger partial charge in [0.2, 0.25) is 5.89 Å². The molecule has 0 radical (unpaired) electrons. The van der Waals surface area contributed by atoms with E-state index in [1.807, 2.05) is 17.8 Å². The predicted molar refractivity (Wildman–Crippen MR) is 121 cm³/mol.